The van der Waals surface area contributed by atoms with Crippen LogP contribution in [0.3, 0.4) is 0 Å². The van der Waals surface area contributed by atoms with Gasteiger partial charge in [-0.15, -0.1) is 5.10 Å². The van der Waals surface area contributed by atoms with Crippen molar-refractivity contribution in [1.82, 2.24) is 29.8 Å². The standard InChI is InChI=1S/C6H9N7/c1-12-9-2-5(10-12)3-13-4-8-6(7)11-13/h2,4H,3H2,1H3,(H2,7,11). The molecule has 0 fully saturated rings. The molecule has 0 spiro atoms. The molecule has 0 aliphatic carbocycles. The lowest BCUT2D eigenvalue weighted by Gasteiger charge is -1.93. The molecule has 2 rings (SSSR count). The molecule has 0 bridgehead atoms. The molecule has 0 saturated heterocycles. The van der Waals surface area contributed by atoms with Crippen molar-refractivity contribution in [3.63, 3.8) is 0 Å². The van der Waals surface area contributed by atoms with Crippen molar-refractivity contribution < 1.29 is 0 Å². The largest absolute Gasteiger partial charge is 0.367 e. The fraction of sp³-hybridized carbons (Fsp3) is 0.333. The average molecular weight is 179 g/mol. The van der Waals surface area contributed by atoms with Gasteiger partial charge in [0.15, 0.2) is 0 Å². The Labute approximate surface area is 74.2 Å². The van der Waals surface area contributed by atoms with Crippen LogP contribution in [-0.4, -0.2) is 29.8 Å². The van der Waals surface area contributed by atoms with E-state index in [9.17, 15) is 0 Å². The van der Waals surface area contributed by atoms with Gasteiger partial charge in [0.1, 0.15) is 12.0 Å². The van der Waals surface area contributed by atoms with E-state index in [-0.39, 0.29) is 5.95 Å². The molecule has 0 aliphatic rings. The molecule has 0 aliphatic heterocycles. The SMILES string of the molecule is Cn1ncc(Cn2cnc(N)n2)n1. The number of anilines is 1. The molecule has 0 aromatic carbocycles. The Bertz CT molecular complexity index is 362. The fourth-order valence-corrected chi connectivity index (χ4v) is 1.01. The summed E-state index contributed by atoms with van der Waals surface area (Å²) >= 11 is 0. The summed E-state index contributed by atoms with van der Waals surface area (Å²) in [4.78, 5) is 5.29. The zero-order valence-electron chi connectivity index (χ0n) is 7.12. The van der Waals surface area contributed by atoms with Crippen molar-refractivity contribution in [3.8, 4) is 0 Å². The first-order chi connectivity index (χ1) is 6.24. The summed E-state index contributed by atoms with van der Waals surface area (Å²) in [6, 6.07) is 0. The quantitative estimate of drug-likeness (QED) is 0.641. The van der Waals surface area contributed by atoms with E-state index in [1.54, 1.807) is 24.3 Å². The van der Waals surface area contributed by atoms with E-state index >= 15 is 0 Å². The maximum Gasteiger partial charge on any atom is 0.239 e. The second-order valence-electron chi connectivity index (χ2n) is 2.63. The lowest BCUT2D eigenvalue weighted by atomic mass is 10.5. The number of aromatic nitrogens is 6. The molecular formula is C6H9N7. The molecule has 0 unspecified atom stereocenters. The third-order valence-corrected chi connectivity index (χ3v) is 1.53. The Hall–Kier alpha value is -1.92. The number of aryl methyl sites for hydroxylation is 1. The molecule has 0 atom stereocenters. The first-order valence-electron chi connectivity index (χ1n) is 3.74. The van der Waals surface area contributed by atoms with Crippen LogP contribution in [0.2, 0.25) is 0 Å². The molecule has 68 valence electrons. The van der Waals surface area contributed by atoms with Gasteiger partial charge in [0, 0.05) is 7.05 Å². The summed E-state index contributed by atoms with van der Waals surface area (Å²) in [7, 11) is 1.76. The second-order valence-corrected chi connectivity index (χ2v) is 2.63. The predicted octanol–water partition coefficient (Wildman–Crippen LogP) is -0.963. The first-order valence-corrected chi connectivity index (χ1v) is 3.74. The van der Waals surface area contributed by atoms with Crippen LogP contribution in [0.15, 0.2) is 12.5 Å². The van der Waals surface area contributed by atoms with Crippen LogP contribution in [0.4, 0.5) is 5.95 Å². The van der Waals surface area contributed by atoms with Crippen molar-refractivity contribution in [2.45, 2.75) is 6.54 Å². The van der Waals surface area contributed by atoms with E-state index in [0.717, 1.165) is 5.69 Å². The molecule has 0 amide bonds. The lowest BCUT2D eigenvalue weighted by Crippen LogP contribution is -2.02. The molecule has 2 heterocycles. The van der Waals surface area contributed by atoms with Crippen LogP contribution in [0, 0.1) is 0 Å². The van der Waals surface area contributed by atoms with Crippen molar-refractivity contribution in [1.29, 1.82) is 0 Å². The zero-order valence-corrected chi connectivity index (χ0v) is 7.12. The fourth-order valence-electron chi connectivity index (χ4n) is 1.01. The predicted molar refractivity (Wildman–Crippen MR) is 44.5 cm³/mol. The number of hydrogen-bond donors (Lipinski definition) is 1. The molecule has 7 heteroatoms. The van der Waals surface area contributed by atoms with E-state index in [2.05, 4.69) is 20.3 Å². The van der Waals surface area contributed by atoms with Crippen molar-refractivity contribution in [3.05, 3.63) is 18.2 Å². The Kier molecular flexibility index (Phi) is 1.69. The van der Waals surface area contributed by atoms with E-state index in [1.807, 2.05) is 0 Å². The molecule has 7 nitrogen and oxygen atoms in total. The molecule has 0 radical (unpaired) electrons. The lowest BCUT2D eigenvalue weighted by molar-refractivity contribution is 0.620. The zero-order chi connectivity index (χ0) is 9.26. The number of hydrogen-bond acceptors (Lipinski definition) is 5. The average Bonchev–Trinajstić information content (AvgIpc) is 2.62. The molecule has 2 aromatic rings. The monoisotopic (exact) mass is 179 g/mol. The van der Waals surface area contributed by atoms with Crippen molar-refractivity contribution in [2.75, 3.05) is 5.73 Å². The minimum absolute atomic E-state index is 0.267. The minimum Gasteiger partial charge on any atom is -0.367 e. The maximum absolute atomic E-state index is 5.35. The first kappa shape index (κ1) is 7.71. The van der Waals surface area contributed by atoms with Crippen LogP contribution < -0.4 is 5.73 Å². The normalized spacial score (nSPS) is 10.5. The Morgan fingerprint density at radius 1 is 1.46 bits per heavy atom. The molecule has 13 heavy (non-hydrogen) atoms. The summed E-state index contributed by atoms with van der Waals surface area (Å²) in [5, 5.41) is 11.9. The third kappa shape index (κ3) is 1.63. The van der Waals surface area contributed by atoms with E-state index in [4.69, 9.17) is 5.73 Å². The molecule has 2 N–H and O–H groups in total. The number of nitrogens with two attached hydrogens (primary N) is 1. The summed E-state index contributed by atoms with van der Waals surface area (Å²) in [6.07, 6.45) is 3.24. The molecule has 0 saturated carbocycles. The van der Waals surface area contributed by atoms with Gasteiger partial charge in [-0.3, -0.25) is 0 Å². The second kappa shape index (κ2) is 2.85. The third-order valence-electron chi connectivity index (χ3n) is 1.53. The van der Waals surface area contributed by atoms with Gasteiger partial charge < -0.3 is 5.73 Å². The van der Waals surface area contributed by atoms with Gasteiger partial charge >= 0.3 is 0 Å². The topological polar surface area (TPSA) is 87.4 Å². The molecular weight excluding hydrogens is 170 g/mol. The summed E-state index contributed by atoms with van der Waals surface area (Å²) < 4.78 is 1.61. The van der Waals surface area contributed by atoms with E-state index < -0.39 is 0 Å². The van der Waals surface area contributed by atoms with E-state index in [1.165, 1.54) is 4.80 Å². The highest BCUT2D eigenvalue weighted by atomic mass is 15.5. The van der Waals surface area contributed by atoms with Gasteiger partial charge in [-0.25, -0.2) is 9.67 Å². The highest BCUT2D eigenvalue weighted by molar-refractivity contribution is 5.09. The minimum atomic E-state index is 0.267. The Morgan fingerprint density at radius 2 is 2.31 bits per heavy atom. The van der Waals surface area contributed by atoms with Crippen LogP contribution in [0.25, 0.3) is 0 Å². The number of nitrogen functional groups attached to an aromatic ring is 1. The van der Waals surface area contributed by atoms with Gasteiger partial charge in [0.25, 0.3) is 0 Å². The molecule has 2 aromatic heterocycles. The number of nitrogens with zero attached hydrogens (tertiary/aromatic N) is 6. The van der Waals surface area contributed by atoms with Gasteiger partial charge in [-0.2, -0.15) is 15.0 Å². The summed E-state index contributed by atoms with van der Waals surface area (Å²) in [5.41, 5.74) is 6.18. The Balaban J connectivity index is 2.14. The van der Waals surface area contributed by atoms with Gasteiger partial charge in [0.05, 0.1) is 12.7 Å². The van der Waals surface area contributed by atoms with Crippen LogP contribution in [0.1, 0.15) is 5.69 Å². The number of rotatable bonds is 2. The van der Waals surface area contributed by atoms with Gasteiger partial charge in [-0.1, -0.05) is 0 Å². The Morgan fingerprint density at radius 3 is 2.85 bits per heavy atom. The van der Waals surface area contributed by atoms with Crippen LogP contribution in [-0.2, 0) is 13.6 Å². The smallest absolute Gasteiger partial charge is 0.239 e. The van der Waals surface area contributed by atoms with Crippen molar-refractivity contribution in [2.24, 2.45) is 7.05 Å². The highest BCUT2D eigenvalue weighted by Crippen LogP contribution is 1.96. The van der Waals surface area contributed by atoms with Crippen molar-refractivity contribution >= 4 is 5.95 Å². The van der Waals surface area contributed by atoms with E-state index in [0.29, 0.717) is 6.54 Å². The summed E-state index contributed by atoms with van der Waals surface area (Å²) in [6.45, 7) is 0.540. The van der Waals surface area contributed by atoms with Crippen LogP contribution in [0.5, 0.6) is 0 Å². The maximum atomic E-state index is 5.35. The van der Waals surface area contributed by atoms with Gasteiger partial charge in [0.2, 0.25) is 5.95 Å². The van der Waals surface area contributed by atoms with Crippen LogP contribution >= 0.6 is 0 Å². The highest BCUT2D eigenvalue weighted by Gasteiger charge is 2.00. The summed E-state index contributed by atoms with van der Waals surface area (Å²) in [5.74, 6) is 0.267. The van der Waals surface area contributed by atoms with Gasteiger partial charge in [-0.05, 0) is 0 Å².